The topological polar surface area (TPSA) is 35.3 Å². The van der Waals surface area contributed by atoms with Crippen LogP contribution in [-0.2, 0) is 0 Å². The van der Waals surface area contributed by atoms with Gasteiger partial charge in [0.15, 0.2) is 5.58 Å². The zero-order valence-corrected chi connectivity index (χ0v) is 14.1. The molecule has 25 heavy (non-hydrogen) atoms. The van der Waals surface area contributed by atoms with Gasteiger partial charge in [-0.25, -0.2) is 4.98 Å². The Morgan fingerprint density at radius 3 is 2.12 bits per heavy atom. The van der Waals surface area contributed by atoms with Gasteiger partial charge >= 0.3 is 0 Å². The molecule has 3 aromatic carbocycles. The highest BCUT2D eigenvalue weighted by Gasteiger charge is 2.08. The van der Waals surface area contributed by atoms with Crippen LogP contribution < -0.4 is 4.74 Å². The van der Waals surface area contributed by atoms with Crippen molar-refractivity contribution in [3.05, 3.63) is 72.8 Å². The lowest BCUT2D eigenvalue weighted by atomic mass is 10.0. The molecule has 4 rings (SSSR count). The molecule has 0 saturated carbocycles. The molecule has 0 N–H and O–H groups in total. The standard InChI is InChI=1S/C22H19NO2/c1-2-15-24-19-13-11-17(12-14-19)16-7-9-18(10-8-16)22-23-20-5-3-4-6-21(20)25-22/h3-14H,2,15H2,1H3. The number of hydrogen-bond acceptors (Lipinski definition) is 3. The first kappa shape index (κ1) is 15.5. The second kappa shape index (κ2) is 6.81. The van der Waals surface area contributed by atoms with E-state index in [0.717, 1.165) is 46.6 Å². The molecule has 3 heteroatoms. The highest BCUT2D eigenvalue weighted by molar-refractivity contribution is 5.76. The summed E-state index contributed by atoms with van der Waals surface area (Å²) in [6.07, 6.45) is 1.01. The molecule has 0 atom stereocenters. The summed E-state index contributed by atoms with van der Waals surface area (Å²) in [5.41, 5.74) is 4.98. The number of nitrogens with zero attached hydrogens (tertiary/aromatic N) is 1. The molecular weight excluding hydrogens is 310 g/mol. The second-order valence-electron chi connectivity index (χ2n) is 5.94. The molecule has 0 spiro atoms. The van der Waals surface area contributed by atoms with Crippen LogP contribution in [0.3, 0.4) is 0 Å². The number of hydrogen-bond donors (Lipinski definition) is 0. The van der Waals surface area contributed by atoms with E-state index in [1.54, 1.807) is 0 Å². The van der Waals surface area contributed by atoms with E-state index >= 15 is 0 Å². The summed E-state index contributed by atoms with van der Waals surface area (Å²) in [6.45, 7) is 2.85. The predicted molar refractivity (Wildman–Crippen MR) is 101 cm³/mol. The molecule has 0 radical (unpaired) electrons. The Hall–Kier alpha value is -3.07. The van der Waals surface area contributed by atoms with Gasteiger partial charge in [0, 0.05) is 5.56 Å². The number of aromatic nitrogens is 1. The van der Waals surface area contributed by atoms with E-state index in [1.165, 1.54) is 0 Å². The van der Waals surface area contributed by atoms with Crippen molar-refractivity contribution in [2.24, 2.45) is 0 Å². The molecule has 0 saturated heterocycles. The highest BCUT2D eigenvalue weighted by atomic mass is 16.5. The number of rotatable bonds is 5. The average molecular weight is 329 g/mol. The fraction of sp³-hybridized carbons (Fsp3) is 0.136. The van der Waals surface area contributed by atoms with Crippen LogP contribution in [0.25, 0.3) is 33.7 Å². The lowest BCUT2D eigenvalue weighted by Crippen LogP contribution is -1.94. The van der Waals surface area contributed by atoms with Crippen LogP contribution in [0.5, 0.6) is 5.75 Å². The van der Waals surface area contributed by atoms with E-state index < -0.39 is 0 Å². The van der Waals surface area contributed by atoms with Crippen LogP contribution in [0.2, 0.25) is 0 Å². The van der Waals surface area contributed by atoms with Crippen LogP contribution in [0.15, 0.2) is 77.2 Å². The third kappa shape index (κ3) is 3.26. The van der Waals surface area contributed by atoms with E-state index in [-0.39, 0.29) is 0 Å². The van der Waals surface area contributed by atoms with Gasteiger partial charge in [0.2, 0.25) is 5.89 Å². The van der Waals surface area contributed by atoms with Gasteiger partial charge in [0.05, 0.1) is 6.61 Å². The molecule has 0 unspecified atom stereocenters. The molecule has 0 aliphatic carbocycles. The first-order chi connectivity index (χ1) is 12.3. The minimum Gasteiger partial charge on any atom is -0.494 e. The van der Waals surface area contributed by atoms with Crippen molar-refractivity contribution < 1.29 is 9.15 Å². The van der Waals surface area contributed by atoms with Crippen LogP contribution in [0.1, 0.15) is 13.3 Å². The maximum absolute atomic E-state index is 5.83. The molecule has 3 nitrogen and oxygen atoms in total. The van der Waals surface area contributed by atoms with Gasteiger partial charge in [-0.2, -0.15) is 0 Å². The van der Waals surface area contributed by atoms with Crippen LogP contribution in [-0.4, -0.2) is 11.6 Å². The van der Waals surface area contributed by atoms with Gasteiger partial charge in [-0.3, -0.25) is 0 Å². The van der Waals surface area contributed by atoms with E-state index in [4.69, 9.17) is 9.15 Å². The zero-order valence-electron chi connectivity index (χ0n) is 14.1. The maximum Gasteiger partial charge on any atom is 0.227 e. The fourth-order valence-electron chi connectivity index (χ4n) is 2.76. The Labute approximate surface area is 146 Å². The number of oxazole rings is 1. The minimum atomic E-state index is 0.649. The van der Waals surface area contributed by atoms with Crippen LogP contribution in [0, 0.1) is 0 Å². The average Bonchev–Trinajstić information content (AvgIpc) is 3.11. The summed E-state index contributed by atoms with van der Waals surface area (Å²) < 4.78 is 11.5. The molecule has 1 aromatic heterocycles. The molecule has 4 aromatic rings. The highest BCUT2D eigenvalue weighted by Crippen LogP contribution is 2.28. The van der Waals surface area contributed by atoms with Gasteiger partial charge in [0.1, 0.15) is 11.3 Å². The molecule has 0 aliphatic rings. The Morgan fingerprint density at radius 2 is 1.44 bits per heavy atom. The normalized spacial score (nSPS) is 10.9. The van der Waals surface area contributed by atoms with Gasteiger partial charge in [-0.05, 0) is 53.9 Å². The fourth-order valence-corrected chi connectivity index (χ4v) is 2.76. The summed E-state index contributed by atoms with van der Waals surface area (Å²) in [4.78, 5) is 4.54. The van der Waals surface area contributed by atoms with Crippen molar-refractivity contribution in [3.8, 4) is 28.3 Å². The Kier molecular flexibility index (Phi) is 4.21. The first-order valence-corrected chi connectivity index (χ1v) is 8.53. The molecule has 0 amide bonds. The summed E-state index contributed by atoms with van der Waals surface area (Å²) in [7, 11) is 0. The van der Waals surface area contributed by atoms with Crippen LogP contribution in [0.4, 0.5) is 0 Å². The number of fused-ring (bicyclic) bond motifs is 1. The third-order valence-corrected chi connectivity index (χ3v) is 4.09. The Balaban J connectivity index is 1.57. The van der Waals surface area contributed by atoms with E-state index in [9.17, 15) is 0 Å². The summed E-state index contributed by atoms with van der Waals surface area (Å²) in [5, 5.41) is 0. The van der Waals surface area contributed by atoms with Gasteiger partial charge < -0.3 is 9.15 Å². The smallest absolute Gasteiger partial charge is 0.227 e. The quantitative estimate of drug-likeness (QED) is 0.454. The van der Waals surface area contributed by atoms with Crippen molar-refractivity contribution in [3.63, 3.8) is 0 Å². The number of benzene rings is 3. The van der Waals surface area contributed by atoms with Crippen molar-refractivity contribution in [1.29, 1.82) is 0 Å². The van der Waals surface area contributed by atoms with Crippen molar-refractivity contribution in [2.45, 2.75) is 13.3 Å². The lowest BCUT2D eigenvalue weighted by Gasteiger charge is -2.06. The largest absolute Gasteiger partial charge is 0.494 e. The molecule has 0 fully saturated rings. The molecule has 0 aliphatic heterocycles. The van der Waals surface area contributed by atoms with E-state index in [1.807, 2.05) is 48.5 Å². The Bertz CT molecular complexity index is 936. The van der Waals surface area contributed by atoms with Gasteiger partial charge in [-0.1, -0.05) is 43.3 Å². The number of ether oxygens (including phenoxy) is 1. The van der Waals surface area contributed by atoms with E-state index in [2.05, 4.69) is 36.2 Å². The third-order valence-electron chi connectivity index (χ3n) is 4.09. The molecule has 124 valence electrons. The SMILES string of the molecule is CCCOc1ccc(-c2ccc(-c3nc4ccccc4o3)cc2)cc1. The summed E-state index contributed by atoms with van der Waals surface area (Å²) in [5.74, 6) is 1.56. The van der Waals surface area contributed by atoms with Crippen molar-refractivity contribution in [1.82, 2.24) is 4.98 Å². The zero-order chi connectivity index (χ0) is 17.1. The van der Waals surface area contributed by atoms with Crippen LogP contribution >= 0.6 is 0 Å². The minimum absolute atomic E-state index is 0.649. The maximum atomic E-state index is 5.83. The van der Waals surface area contributed by atoms with Crippen molar-refractivity contribution in [2.75, 3.05) is 6.61 Å². The first-order valence-electron chi connectivity index (χ1n) is 8.53. The summed E-state index contributed by atoms with van der Waals surface area (Å²) >= 11 is 0. The molecular formula is C22H19NO2. The molecule has 1 heterocycles. The molecule has 0 bridgehead atoms. The lowest BCUT2D eigenvalue weighted by molar-refractivity contribution is 0.317. The summed E-state index contributed by atoms with van der Waals surface area (Å²) in [6, 6.07) is 24.3. The van der Waals surface area contributed by atoms with E-state index in [0.29, 0.717) is 5.89 Å². The van der Waals surface area contributed by atoms with Crippen molar-refractivity contribution >= 4 is 11.1 Å². The monoisotopic (exact) mass is 329 g/mol. The van der Waals surface area contributed by atoms with Gasteiger partial charge in [0.25, 0.3) is 0 Å². The van der Waals surface area contributed by atoms with Gasteiger partial charge in [-0.15, -0.1) is 0 Å². The predicted octanol–water partition coefficient (Wildman–Crippen LogP) is 5.95. The number of para-hydroxylation sites is 2. The Morgan fingerprint density at radius 1 is 0.800 bits per heavy atom. The second-order valence-corrected chi connectivity index (χ2v) is 5.94.